The van der Waals surface area contributed by atoms with Gasteiger partial charge in [-0.1, -0.05) is 6.42 Å². The Kier molecular flexibility index (Phi) is 2.40. The summed E-state index contributed by atoms with van der Waals surface area (Å²) < 4.78 is 1.75. The highest BCUT2D eigenvalue weighted by Crippen LogP contribution is 2.23. The minimum absolute atomic E-state index is 0.142. The lowest BCUT2D eigenvalue weighted by Gasteiger charge is -2.00. The first-order chi connectivity index (χ1) is 6.70. The van der Waals surface area contributed by atoms with Crippen LogP contribution in [0.15, 0.2) is 0 Å². The van der Waals surface area contributed by atoms with E-state index < -0.39 is 0 Å². The van der Waals surface area contributed by atoms with Gasteiger partial charge in [-0.05, 0) is 25.7 Å². The number of fused-ring (bicyclic) bond motifs is 1. The van der Waals surface area contributed by atoms with Gasteiger partial charge in [0, 0.05) is 19.5 Å². The van der Waals surface area contributed by atoms with Crippen LogP contribution >= 0.6 is 0 Å². The summed E-state index contributed by atoms with van der Waals surface area (Å²) in [5.74, 6) is 0.142. The van der Waals surface area contributed by atoms with Crippen molar-refractivity contribution in [1.29, 1.82) is 0 Å². The van der Waals surface area contributed by atoms with Crippen LogP contribution in [-0.4, -0.2) is 15.6 Å². The van der Waals surface area contributed by atoms with Crippen LogP contribution in [0.4, 0.5) is 0 Å². The van der Waals surface area contributed by atoms with E-state index in [-0.39, 0.29) is 5.78 Å². The Morgan fingerprint density at radius 1 is 1.29 bits per heavy atom. The van der Waals surface area contributed by atoms with Crippen LogP contribution in [-0.2, 0) is 19.9 Å². The Bertz CT molecular complexity index is 366. The van der Waals surface area contributed by atoms with Crippen molar-refractivity contribution < 1.29 is 4.79 Å². The zero-order chi connectivity index (χ0) is 10.1. The number of Topliss-reactive ketones (excluding diaryl/α,β-unsaturated/α-hetero) is 1. The van der Waals surface area contributed by atoms with E-state index in [2.05, 4.69) is 5.10 Å². The molecule has 0 aromatic carbocycles. The second-order valence-corrected chi connectivity index (χ2v) is 4.01. The quantitative estimate of drug-likeness (QED) is 0.503. The van der Waals surface area contributed by atoms with E-state index in [9.17, 15) is 4.79 Å². The number of nitrogens with zero attached hydrogens (tertiary/aromatic N) is 2. The fraction of sp³-hybridized carbons (Fsp3) is 0.636. The van der Waals surface area contributed by atoms with Gasteiger partial charge in [-0.2, -0.15) is 5.10 Å². The topological polar surface area (TPSA) is 34.9 Å². The monoisotopic (exact) mass is 192 g/mol. The lowest BCUT2D eigenvalue weighted by Crippen LogP contribution is -2.05. The zero-order valence-corrected chi connectivity index (χ0v) is 8.84. The summed E-state index contributed by atoms with van der Waals surface area (Å²) in [7, 11) is 1.87. The van der Waals surface area contributed by atoms with E-state index in [1.54, 1.807) is 11.6 Å². The summed E-state index contributed by atoms with van der Waals surface area (Å²) in [6.45, 7) is 1.63. The largest absolute Gasteiger partial charge is 0.293 e. The van der Waals surface area contributed by atoms with E-state index in [0.29, 0.717) is 0 Å². The summed E-state index contributed by atoms with van der Waals surface area (Å²) in [6.07, 6.45) is 5.73. The smallest absolute Gasteiger partial charge is 0.178 e. The molecule has 3 heteroatoms. The highest BCUT2D eigenvalue weighted by molar-refractivity contribution is 5.94. The highest BCUT2D eigenvalue weighted by atomic mass is 16.1. The average Bonchev–Trinajstić information content (AvgIpc) is 2.31. The molecule has 1 aromatic rings. The molecule has 0 spiro atoms. The third-order valence-corrected chi connectivity index (χ3v) is 2.90. The first-order valence-electron chi connectivity index (χ1n) is 5.26. The minimum atomic E-state index is 0.142. The fourth-order valence-electron chi connectivity index (χ4n) is 2.30. The number of hydrogen-bond donors (Lipinski definition) is 0. The summed E-state index contributed by atoms with van der Waals surface area (Å²) in [5, 5.41) is 4.43. The number of aryl methyl sites for hydroxylation is 2. The number of carbonyl (C=O) groups is 1. The molecule has 0 unspecified atom stereocenters. The molecule has 0 atom stereocenters. The van der Waals surface area contributed by atoms with Crippen molar-refractivity contribution in [2.75, 3.05) is 0 Å². The zero-order valence-electron chi connectivity index (χ0n) is 8.84. The summed E-state index contributed by atoms with van der Waals surface area (Å²) in [6, 6.07) is 0. The van der Waals surface area contributed by atoms with Crippen molar-refractivity contribution in [2.45, 2.75) is 39.0 Å². The predicted octanol–water partition coefficient (Wildman–Crippen LogP) is 1.89. The first-order valence-corrected chi connectivity index (χ1v) is 5.26. The molecular formula is C11H16N2O. The predicted molar refractivity (Wildman–Crippen MR) is 54.5 cm³/mol. The van der Waals surface area contributed by atoms with Crippen molar-refractivity contribution in [3.8, 4) is 0 Å². The molecule has 0 saturated carbocycles. The molecule has 0 bridgehead atoms. The van der Waals surface area contributed by atoms with Crippen LogP contribution in [0.3, 0.4) is 0 Å². The van der Waals surface area contributed by atoms with Crippen LogP contribution in [0.5, 0.6) is 0 Å². The Balaban J connectivity index is 2.49. The normalized spacial score (nSPS) is 16.1. The molecule has 0 fully saturated rings. The van der Waals surface area contributed by atoms with Gasteiger partial charge in [0.15, 0.2) is 5.78 Å². The van der Waals surface area contributed by atoms with Gasteiger partial charge in [0.25, 0.3) is 0 Å². The summed E-state index contributed by atoms with van der Waals surface area (Å²) >= 11 is 0. The molecule has 1 aliphatic carbocycles. The van der Waals surface area contributed by atoms with Crippen molar-refractivity contribution in [3.05, 3.63) is 17.0 Å². The minimum Gasteiger partial charge on any atom is -0.293 e. The van der Waals surface area contributed by atoms with Crippen molar-refractivity contribution >= 4 is 5.78 Å². The number of ketones is 1. The molecular weight excluding hydrogens is 176 g/mol. The second kappa shape index (κ2) is 3.56. The molecule has 0 saturated heterocycles. The third-order valence-electron chi connectivity index (χ3n) is 2.90. The SMILES string of the molecule is CC(=O)c1c2c(nn1C)CCCCC2. The molecule has 1 aromatic heterocycles. The maximum atomic E-state index is 11.5. The Hall–Kier alpha value is -1.12. The Morgan fingerprint density at radius 2 is 2.00 bits per heavy atom. The van der Waals surface area contributed by atoms with Gasteiger partial charge in [-0.25, -0.2) is 0 Å². The Labute approximate surface area is 84.1 Å². The third kappa shape index (κ3) is 1.47. The van der Waals surface area contributed by atoms with Crippen LogP contribution in [0, 0.1) is 0 Å². The van der Waals surface area contributed by atoms with E-state index in [0.717, 1.165) is 24.2 Å². The van der Waals surface area contributed by atoms with E-state index in [4.69, 9.17) is 0 Å². The molecule has 76 valence electrons. The van der Waals surface area contributed by atoms with Crippen LogP contribution in [0.1, 0.15) is 47.9 Å². The first kappa shape index (κ1) is 9.44. The maximum absolute atomic E-state index is 11.5. The van der Waals surface area contributed by atoms with Gasteiger partial charge in [0.05, 0.1) is 5.69 Å². The van der Waals surface area contributed by atoms with Crippen LogP contribution in [0.2, 0.25) is 0 Å². The van der Waals surface area contributed by atoms with Crippen molar-refractivity contribution in [1.82, 2.24) is 9.78 Å². The molecule has 0 radical (unpaired) electrons. The number of rotatable bonds is 1. The molecule has 2 rings (SSSR count). The summed E-state index contributed by atoms with van der Waals surface area (Å²) in [4.78, 5) is 11.5. The maximum Gasteiger partial charge on any atom is 0.178 e. The van der Waals surface area contributed by atoms with Crippen molar-refractivity contribution in [3.63, 3.8) is 0 Å². The molecule has 0 amide bonds. The molecule has 1 aliphatic rings. The van der Waals surface area contributed by atoms with Crippen LogP contribution < -0.4 is 0 Å². The van der Waals surface area contributed by atoms with Gasteiger partial charge >= 0.3 is 0 Å². The average molecular weight is 192 g/mol. The molecule has 1 heterocycles. The van der Waals surface area contributed by atoms with Gasteiger partial charge in [-0.3, -0.25) is 9.48 Å². The molecule has 3 nitrogen and oxygen atoms in total. The van der Waals surface area contributed by atoms with E-state index in [1.165, 1.54) is 24.8 Å². The van der Waals surface area contributed by atoms with Gasteiger partial charge < -0.3 is 0 Å². The van der Waals surface area contributed by atoms with Crippen molar-refractivity contribution in [2.24, 2.45) is 7.05 Å². The van der Waals surface area contributed by atoms with Gasteiger partial charge in [0.1, 0.15) is 5.69 Å². The van der Waals surface area contributed by atoms with E-state index in [1.807, 2.05) is 7.05 Å². The molecule has 14 heavy (non-hydrogen) atoms. The van der Waals surface area contributed by atoms with Crippen LogP contribution in [0.25, 0.3) is 0 Å². The number of hydrogen-bond acceptors (Lipinski definition) is 2. The lowest BCUT2D eigenvalue weighted by atomic mass is 10.1. The van der Waals surface area contributed by atoms with Gasteiger partial charge in [0.2, 0.25) is 0 Å². The number of aromatic nitrogens is 2. The van der Waals surface area contributed by atoms with Gasteiger partial charge in [-0.15, -0.1) is 0 Å². The summed E-state index contributed by atoms with van der Waals surface area (Å²) in [5.41, 5.74) is 3.18. The lowest BCUT2D eigenvalue weighted by molar-refractivity contribution is 0.100. The Morgan fingerprint density at radius 3 is 2.71 bits per heavy atom. The number of carbonyl (C=O) groups excluding carboxylic acids is 1. The second-order valence-electron chi connectivity index (χ2n) is 4.01. The fourth-order valence-corrected chi connectivity index (χ4v) is 2.30. The van der Waals surface area contributed by atoms with E-state index >= 15 is 0 Å². The molecule has 0 N–H and O–H groups in total. The molecule has 0 aliphatic heterocycles. The standard InChI is InChI=1S/C11H16N2O/c1-8(14)11-9-6-4-3-5-7-10(9)12-13(11)2/h3-7H2,1-2H3. The highest BCUT2D eigenvalue weighted by Gasteiger charge is 2.20.